The van der Waals surface area contributed by atoms with Crippen LogP contribution in [0.2, 0.25) is 0 Å². The van der Waals surface area contributed by atoms with Gasteiger partial charge in [-0.05, 0) is 12.0 Å². The lowest BCUT2D eigenvalue weighted by Gasteiger charge is -2.64. The number of hydrogen-bond donors (Lipinski definition) is 1. The summed E-state index contributed by atoms with van der Waals surface area (Å²) < 4.78 is 31.1. The van der Waals surface area contributed by atoms with E-state index in [0.29, 0.717) is 13.0 Å². The lowest BCUT2D eigenvalue weighted by Crippen LogP contribution is -2.78. The van der Waals surface area contributed by atoms with Gasteiger partial charge in [-0.3, -0.25) is 4.79 Å². The molecule has 0 aromatic heterocycles. The smallest absolute Gasteiger partial charge is 0.302 e. The van der Waals surface area contributed by atoms with E-state index in [1.165, 1.54) is 6.92 Å². The first-order valence-electron chi connectivity index (χ1n) is 11.5. The van der Waals surface area contributed by atoms with Crippen LogP contribution in [0.25, 0.3) is 0 Å². The molecule has 166 valence electrons. The molecule has 1 spiro atoms. The van der Waals surface area contributed by atoms with E-state index in [4.69, 9.17) is 23.7 Å². The van der Waals surface area contributed by atoms with Gasteiger partial charge >= 0.3 is 5.97 Å². The molecule has 6 fully saturated rings. The third-order valence-corrected chi connectivity index (χ3v) is 8.93. The zero-order chi connectivity index (χ0) is 21.0. The van der Waals surface area contributed by atoms with Crippen LogP contribution in [-0.2, 0) is 35.1 Å². The van der Waals surface area contributed by atoms with Crippen LogP contribution in [0.4, 0.5) is 0 Å². The highest BCUT2D eigenvalue weighted by Gasteiger charge is 2.84. The van der Waals surface area contributed by atoms with Crippen molar-refractivity contribution in [2.45, 2.75) is 81.1 Å². The molecule has 1 saturated carbocycles. The largest absolute Gasteiger partial charge is 0.465 e. The van der Waals surface area contributed by atoms with Gasteiger partial charge < -0.3 is 28.8 Å². The summed E-state index contributed by atoms with van der Waals surface area (Å²) in [6.07, 6.45) is 1.42. The Labute approximate surface area is 180 Å². The number of hydrogen-bond acceptors (Lipinski definition) is 7. The summed E-state index contributed by atoms with van der Waals surface area (Å²) >= 11 is 0. The third kappa shape index (κ3) is 2.29. The van der Waals surface area contributed by atoms with Gasteiger partial charge in [0.05, 0.1) is 49.8 Å². The van der Waals surface area contributed by atoms with E-state index in [1.54, 1.807) is 0 Å². The Bertz CT molecular complexity index is 906. The standard InChI is InChI=1S/C24H28O7/c1-12(25)28-11-23-9-18(26)24-20(15-8-17(31-24)22(24)30-15)19(23)14-7-16(21(23)29-14)27-10-13-5-3-2-4-6-13/h2-6,14-22,26H,7-11H2,1H3/t14-,15-,16-,17-,18+,19?,20?,21+,22+,23+,24+/m1/s1. The van der Waals surface area contributed by atoms with E-state index in [-0.39, 0.29) is 61.0 Å². The number of carbonyl (C=O) groups is 1. The number of aliphatic hydroxyl groups is 1. The summed E-state index contributed by atoms with van der Waals surface area (Å²) in [5.41, 5.74) is 0.0358. The normalized spacial score (nSPS) is 52.5. The van der Waals surface area contributed by atoms with Crippen molar-refractivity contribution in [2.75, 3.05) is 6.61 Å². The zero-order valence-corrected chi connectivity index (χ0v) is 17.5. The molecular weight excluding hydrogens is 400 g/mol. The highest BCUT2D eigenvalue weighted by Crippen LogP contribution is 2.72. The van der Waals surface area contributed by atoms with Crippen molar-refractivity contribution in [2.24, 2.45) is 17.3 Å². The lowest BCUT2D eigenvalue weighted by molar-refractivity contribution is -0.337. The Balaban J connectivity index is 1.21. The summed E-state index contributed by atoms with van der Waals surface area (Å²) in [6, 6.07) is 10.1. The van der Waals surface area contributed by atoms with E-state index in [9.17, 15) is 9.90 Å². The molecule has 4 bridgehead atoms. The van der Waals surface area contributed by atoms with Crippen molar-refractivity contribution in [3.8, 4) is 0 Å². The molecule has 11 atom stereocenters. The van der Waals surface area contributed by atoms with Crippen molar-refractivity contribution in [1.29, 1.82) is 0 Å². The monoisotopic (exact) mass is 428 g/mol. The fraction of sp³-hybridized carbons (Fsp3) is 0.708. The predicted molar refractivity (Wildman–Crippen MR) is 106 cm³/mol. The number of carbonyl (C=O) groups excluding carboxylic acids is 1. The number of aliphatic hydroxyl groups excluding tert-OH is 1. The van der Waals surface area contributed by atoms with Gasteiger partial charge in [0, 0.05) is 37.0 Å². The molecule has 7 heteroatoms. The van der Waals surface area contributed by atoms with Crippen LogP contribution in [0, 0.1) is 17.3 Å². The Morgan fingerprint density at radius 1 is 1.10 bits per heavy atom. The average molecular weight is 428 g/mol. The third-order valence-electron chi connectivity index (χ3n) is 8.93. The van der Waals surface area contributed by atoms with Crippen LogP contribution < -0.4 is 0 Å². The average Bonchev–Trinajstić information content (AvgIpc) is 3.47. The van der Waals surface area contributed by atoms with Gasteiger partial charge in [-0.25, -0.2) is 0 Å². The highest BCUT2D eigenvalue weighted by molar-refractivity contribution is 5.66. The van der Waals surface area contributed by atoms with E-state index >= 15 is 0 Å². The molecule has 2 unspecified atom stereocenters. The zero-order valence-electron chi connectivity index (χ0n) is 17.5. The minimum absolute atomic E-state index is 0.00121. The summed E-state index contributed by atoms with van der Waals surface area (Å²) in [4.78, 5) is 11.8. The Morgan fingerprint density at radius 3 is 2.68 bits per heavy atom. The topological polar surface area (TPSA) is 83.5 Å². The Hall–Kier alpha value is -1.51. The van der Waals surface area contributed by atoms with Gasteiger partial charge in [0.1, 0.15) is 11.7 Å². The molecule has 1 aromatic carbocycles. The lowest BCUT2D eigenvalue weighted by atomic mass is 9.46. The first-order chi connectivity index (χ1) is 15.0. The van der Waals surface area contributed by atoms with Gasteiger partial charge in [-0.2, -0.15) is 0 Å². The maximum atomic E-state index is 11.8. The molecule has 31 heavy (non-hydrogen) atoms. The van der Waals surface area contributed by atoms with Gasteiger partial charge in [0.2, 0.25) is 0 Å². The summed E-state index contributed by atoms with van der Waals surface area (Å²) in [6.45, 7) is 2.19. The molecule has 5 saturated heterocycles. The van der Waals surface area contributed by atoms with Gasteiger partial charge in [0.25, 0.3) is 0 Å². The second-order valence-electron chi connectivity index (χ2n) is 10.3. The Morgan fingerprint density at radius 2 is 1.87 bits per heavy atom. The second kappa shape index (κ2) is 6.29. The number of fused-ring (bicyclic) bond motifs is 8. The fourth-order valence-corrected chi connectivity index (χ4v) is 7.99. The van der Waals surface area contributed by atoms with Crippen LogP contribution in [0.3, 0.4) is 0 Å². The number of benzene rings is 1. The van der Waals surface area contributed by atoms with Crippen molar-refractivity contribution >= 4 is 5.97 Å². The molecule has 1 N–H and O–H groups in total. The minimum atomic E-state index is -0.659. The van der Waals surface area contributed by atoms with Gasteiger partial charge in [-0.1, -0.05) is 30.3 Å². The van der Waals surface area contributed by atoms with Gasteiger partial charge in [-0.15, -0.1) is 0 Å². The summed E-state index contributed by atoms with van der Waals surface area (Å²) in [7, 11) is 0. The van der Waals surface area contributed by atoms with Crippen LogP contribution >= 0.6 is 0 Å². The molecule has 7 nitrogen and oxygen atoms in total. The highest BCUT2D eigenvalue weighted by atomic mass is 16.7. The predicted octanol–water partition coefficient (Wildman–Crippen LogP) is 1.60. The van der Waals surface area contributed by atoms with Crippen molar-refractivity contribution in [3.63, 3.8) is 0 Å². The van der Waals surface area contributed by atoms with Gasteiger partial charge in [0.15, 0.2) is 0 Å². The molecule has 6 aliphatic rings. The molecule has 5 aliphatic heterocycles. The van der Waals surface area contributed by atoms with Crippen LogP contribution in [-0.4, -0.2) is 66.0 Å². The van der Waals surface area contributed by atoms with Crippen molar-refractivity contribution in [1.82, 2.24) is 0 Å². The maximum absolute atomic E-state index is 11.8. The first kappa shape index (κ1) is 19.0. The fourth-order valence-electron chi connectivity index (χ4n) is 7.99. The van der Waals surface area contributed by atoms with Crippen LogP contribution in [0.15, 0.2) is 30.3 Å². The second-order valence-corrected chi connectivity index (χ2v) is 10.3. The first-order valence-corrected chi connectivity index (χ1v) is 11.5. The minimum Gasteiger partial charge on any atom is -0.465 e. The number of rotatable bonds is 5. The number of ether oxygens (including phenoxy) is 5. The molecular formula is C24H28O7. The molecule has 0 radical (unpaired) electrons. The quantitative estimate of drug-likeness (QED) is 0.714. The van der Waals surface area contributed by atoms with Crippen molar-refractivity contribution in [3.05, 3.63) is 35.9 Å². The summed E-state index contributed by atoms with van der Waals surface area (Å²) in [5.74, 6) is -0.100. The molecule has 7 rings (SSSR count). The molecule has 0 amide bonds. The SMILES string of the molecule is CC(=O)OC[C@@]12C[C@H](O)[C@@]34O[C@@H]5C[C@@H](O[C@@H]53)C4C1[C@H]1C[C@@H](OCc3ccccc3)[C@@H]2O1. The van der Waals surface area contributed by atoms with E-state index < -0.39 is 17.1 Å². The molecule has 1 aromatic rings. The molecule has 5 heterocycles. The maximum Gasteiger partial charge on any atom is 0.302 e. The van der Waals surface area contributed by atoms with Crippen LogP contribution in [0.1, 0.15) is 31.7 Å². The van der Waals surface area contributed by atoms with E-state index in [1.807, 2.05) is 18.2 Å². The van der Waals surface area contributed by atoms with E-state index in [0.717, 1.165) is 18.4 Å². The number of esters is 1. The molecule has 1 aliphatic carbocycles. The van der Waals surface area contributed by atoms with Crippen molar-refractivity contribution < 1.29 is 33.6 Å². The van der Waals surface area contributed by atoms with E-state index in [2.05, 4.69) is 12.1 Å². The van der Waals surface area contributed by atoms with Crippen LogP contribution in [0.5, 0.6) is 0 Å². The Kier molecular flexibility index (Phi) is 3.86. The summed E-state index contributed by atoms with van der Waals surface area (Å²) in [5, 5.41) is 11.4.